The molecule has 21 heavy (non-hydrogen) atoms. The maximum atomic E-state index is 11.3. The Balaban J connectivity index is 1.86. The van der Waals surface area contributed by atoms with Gasteiger partial charge in [0.2, 0.25) is 0 Å². The molecule has 4 rings (SSSR count). The smallest absolute Gasteiger partial charge is 0.337 e. The minimum absolute atomic E-state index is 0.00949. The van der Waals surface area contributed by atoms with Gasteiger partial charge < -0.3 is 14.8 Å². The number of ether oxygens (including phenoxy) is 1. The summed E-state index contributed by atoms with van der Waals surface area (Å²) in [5.41, 5.74) is 2.51. The lowest BCUT2D eigenvalue weighted by Gasteiger charge is -2.03. The lowest BCUT2D eigenvalue weighted by atomic mass is 10.0. The van der Waals surface area contributed by atoms with Crippen LogP contribution in [0.15, 0.2) is 42.5 Å². The third-order valence-corrected chi connectivity index (χ3v) is 3.79. The number of fused-ring (bicyclic) bond motifs is 2. The van der Waals surface area contributed by atoms with Gasteiger partial charge in [-0.3, -0.25) is 0 Å². The average molecular weight is 280 g/mol. The van der Waals surface area contributed by atoms with Gasteiger partial charge in [0, 0.05) is 5.56 Å². The quantitative estimate of drug-likeness (QED) is 0.757. The number of rotatable bonds is 2. The van der Waals surface area contributed by atoms with Crippen LogP contribution in [0.2, 0.25) is 0 Å². The van der Waals surface area contributed by atoms with Gasteiger partial charge >= 0.3 is 5.97 Å². The average Bonchev–Trinajstić information content (AvgIpc) is 3.09. The largest absolute Gasteiger partial charge is 0.492 e. The highest BCUT2D eigenvalue weighted by molar-refractivity contribution is 6.00. The number of hydrogen-bond acceptors (Lipinski definition) is 3. The van der Waals surface area contributed by atoms with Crippen molar-refractivity contribution in [2.75, 3.05) is 6.61 Å². The van der Waals surface area contributed by atoms with Crippen molar-refractivity contribution in [3.05, 3.63) is 59.4 Å². The third kappa shape index (κ3) is 1.78. The van der Waals surface area contributed by atoms with Crippen LogP contribution in [0.25, 0.3) is 11.0 Å². The van der Waals surface area contributed by atoms with Gasteiger partial charge in [-0.2, -0.15) is 0 Å². The number of nitrogens with zero attached hydrogens (tertiary/aromatic N) is 1. The molecule has 2 aromatic carbocycles. The highest BCUT2D eigenvalue weighted by Gasteiger charge is 2.28. The summed E-state index contributed by atoms with van der Waals surface area (Å²) in [4.78, 5) is 19.0. The van der Waals surface area contributed by atoms with Crippen LogP contribution in [0.3, 0.4) is 0 Å². The molecule has 1 atom stereocenters. The van der Waals surface area contributed by atoms with E-state index in [2.05, 4.69) is 9.97 Å². The number of hydrogen-bond donors (Lipinski definition) is 2. The van der Waals surface area contributed by atoms with Crippen LogP contribution >= 0.6 is 0 Å². The molecule has 0 aliphatic carbocycles. The molecule has 2 heterocycles. The van der Waals surface area contributed by atoms with Crippen LogP contribution < -0.4 is 4.74 Å². The van der Waals surface area contributed by atoms with E-state index in [4.69, 9.17) is 4.74 Å². The molecule has 5 heteroatoms. The summed E-state index contributed by atoms with van der Waals surface area (Å²) in [5.74, 6) is 0.641. The number of nitrogens with one attached hydrogen (secondary N) is 1. The van der Waals surface area contributed by atoms with E-state index < -0.39 is 5.97 Å². The van der Waals surface area contributed by atoms with Gasteiger partial charge in [-0.15, -0.1) is 0 Å². The van der Waals surface area contributed by atoms with Crippen LogP contribution in [0, 0.1) is 0 Å². The first kappa shape index (κ1) is 12.0. The van der Waals surface area contributed by atoms with Crippen molar-refractivity contribution in [1.82, 2.24) is 9.97 Å². The summed E-state index contributed by atoms with van der Waals surface area (Å²) in [6.07, 6.45) is 0. The minimum atomic E-state index is -0.971. The van der Waals surface area contributed by atoms with Crippen molar-refractivity contribution in [2.45, 2.75) is 5.92 Å². The number of aromatic amines is 1. The first-order valence-electron chi connectivity index (χ1n) is 6.67. The molecule has 1 aromatic heterocycles. The lowest BCUT2D eigenvalue weighted by Crippen LogP contribution is -2.04. The van der Waals surface area contributed by atoms with E-state index >= 15 is 0 Å². The van der Waals surface area contributed by atoms with Crippen LogP contribution in [-0.2, 0) is 0 Å². The number of carboxylic acid groups (broad SMARTS) is 1. The summed E-state index contributed by atoms with van der Waals surface area (Å²) in [5, 5.41) is 9.24. The zero-order valence-corrected chi connectivity index (χ0v) is 11.0. The Morgan fingerprint density at radius 2 is 2.10 bits per heavy atom. The van der Waals surface area contributed by atoms with E-state index in [0.29, 0.717) is 12.1 Å². The lowest BCUT2D eigenvalue weighted by molar-refractivity contribution is 0.0699. The Labute approximate surface area is 120 Å². The molecule has 0 saturated heterocycles. The number of H-pyrrole nitrogens is 1. The van der Waals surface area contributed by atoms with Gasteiger partial charge in [-0.05, 0) is 18.2 Å². The number of carbonyl (C=O) groups is 1. The second-order valence-corrected chi connectivity index (χ2v) is 5.03. The van der Waals surface area contributed by atoms with Crippen molar-refractivity contribution in [1.29, 1.82) is 0 Å². The molecule has 0 radical (unpaired) electrons. The van der Waals surface area contributed by atoms with Crippen LogP contribution in [0.5, 0.6) is 5.75 Å². The summed E-state index contributed by atoms with van der Waals surface area (Å²) in [7, 11) is 0. The van der Waals surface area contributed by atoms with Crippen molar-refractivity contribution in [2.24, 2.45) is 0 Å². The van der Waals surface area contributed by atoms with Crippen LogP contribution in [0.1, 0.15) is 27.7 Å². The minimum Gasteiger partial charge on any atom is -0.492 e. The van der Waals surface area contributed by atoms with Gasteiger partial charge in [-0.25, -0.2) is 9.78 Å². The second kappa shape index (κ2) is 4.34. The number of para-hydroxylation sites is 2. The molecule has 0 amide bonds. The SMILES string of the molecule is O=C(O)c1cccc2[nH]c(C3COc4ccccc43)nc12. The molecule has 1 unspecified atom stereocenters. The molecule has 2 N–H and O–H groups in total. The normalized spacial score (nSPS) is 16.7. The summed E-state index contributed by atoms with van der Waals surface area (Å²) in [6, 6.07) is 13.0. The molecule has 0 fully saturated rings. The molecule has 1 aliphatic heterocycles. The van der Waals surface area contributed by atoms with E-state index in [1.807, 2.05) is 30.3 Å². The summed E-state index contributed by atoms with van der Waals surface area (Å²) < 4.78 is 5.66. The molecule has 5 nitrogen and oxygen atoms in total. The van der Waals surface area contributed by atoms with E-state index in [9.17, 15) is 9.90 Å². The summed E-state index contributed by atoms with van der Waals surface area (Å²) >= 11 is 0. The Morgan fingerprint density at radius 3 is 2.95 bits per heavy atom. The number of carboxylic acids is 1. The summed E-state index contributed by atoms with van der Waals surface area (Å²) in [6.45, 7) is 0.515. The predicted molar refractivity (Wildman–Crippen MR) is 76.8 cm³/mol. The number of aromatic carboxylic acids is 1. The highest BCUT2D eigenvalue weighted by Crippen LogP contribution is 2.37. The zero-order valence-electron chi connectivity index (χ0n) is 11.0. The molecule has 104 valence electrons. The molecule has 0 bridgehead atoms. The first-order chi connectivity index (χ1) is 10.2. The maximum absolute atomic E-state index is 11.3. The fourth-order valence-electron chi connectivity index (χ4n) is 2.78. The van der Waals surface area contributed by atoms with Gasteiger partial charge in [0.25, 0.3) is 0 Å². The van der Waals surface area contributed by atoms with Crippen molar-refractivity contribution >= 4 is 17.0 Å². The van der Waals surface area contributed by atoms with Crippen molar-refractivity contribution in [3.8, 4) is 5.75 Å². The van der Waals surface area contributed by atoms with E-state index in [1.54, 1.807) is 12.1 Å². The van der Waals surface area contributed by atoms with Crippen LogP contribution in [0.4, 0.5) is 0 Å². The second-order valence-electron chi connectivity index (χ2n) is 5.03. The Kier molecular flexibility index (Phi) is 2.47. The van der Waals surface area contributed by atoms with Gasteiger partial charge in [0.15, 0.2) is 0 Å². The van der Waals surface area contributed by atoms with E-state index in [-0.39, 0.29) is 11.5 Å². The topological polar surface area (TPSA) is 75.2 Å². The Morgan fingerprint density at radius 1 is 1.24 bits per heavy atom. The Hall–Kier alpha value is -2.82. The Bertz CT molecular complexity index is 854. The first-order valence-corrected chi connectivity index (χ1v) is 6.67. The number of imidazole rings is 1. The molecule has 0 spiro atoms. The van der Waals surface area contributed by atoms with Gasteiger partial charge in [0.05, 0.1) is 17.0 Å². The van der Waals surface area contributed by atoms with Gasteiger partial charge in [-0.1, -0.05) is 24.3 Å². The molecular weight excluding hydrogens is 268 g/mol. The molecular formula is C16H12N2O3. The molecule has 0 saturated carbocycles. The molecule has 1 aliphatic rings. The van der Waals surface area contributed by atoms with Crippen molar-refractivity contribution < 1.29 is 14.6 Å². The monoisotopic (exact) mass is 280 g/mol. The molecule has 3 aromatic rings. The van der Waals surface area contributed by atoms with Crippen LogP contribution in [-0.4, -0.2) is 27.7 Å². The fourth-order valence-corrected chi connectivity index (χ4v) is 2.78. The van der Waals surface area contributed by atoms with E-state index in [0.717, 1.165) is 22.7 Å². The fraction of sp³-hybridized carbons (Fsp3) is 0.125. The van der Waals surface area contributed by atoms with Crippen molar-refractivity contribution in [3.63, 3.8) is 0 Å². The third-order valence-electron chi connectivity index (χ3n) is 3.79. The van der Waals surface area contributed by atoms with Gasteiger partial charge in [0.1, 0.15) is 23.7 Å². The predicted octanol–water partition coefficient (Wildman–Crippen LogP) is 2.79. The highest BCUT2D eigenvalue weighted by atomic mass is 16.5. The number of benzene rings is 2. The standard InChI is InChI=1S/C16H12N2O3/c19-16(20)10-5-3-6-12-14(10)18-15(17-12)11-8-21-13-7-2-1-4-9(11)13/h1-7,11H,8H2,(H,17,18)(H,19,20). The van der Waals surface area contributed by atoms with E-state index in [1.165, 1.54) is 0 Å². The maximum Gasteiger partial charge on any atom is 0.337 e. The zero-order chi connectivity index (χ0) is 14.4. The number of aromatic nitrogens is 2.